The molecule has 2 aromatic rings. The maximum Gasteiger partial charge on any atom is 0.250 e. The zero-order chi connectivity index (χ0) is 14.0. The number of nitrogens with two attached hydrogens (primary N) is 2. The molecule has 5 N–H and O–H groups in total. The predicted molar refractivity (Wildman–Crippen MR) is 81.5 cm³/mol. The average molecular weight is 320 g/mol. The molecule has 2 rings (SSSR count). The van der Waals surface area contributed by atoms with Gasteiger partial charge in [0.2, 0.25) is 0 Å². The predicted octanol–water partition coefficient (Wildman–Crippen LogP) is 3.18. The Hall–Kier alpha value is -2.01. The van der Waals surface area contributed by atoms with Gasteiger partial charge < -0.3 is 16.8 Å². The molecule has 0 fully saturated rings. The quantitative estimate of drug-likeness (QED) is 0.760. The fraction of sp³-hybridized carbons (Fsp3) is 0.0714. The molecule has 0 heterocycles. The average Bonchev–Trinajstić information content (AvgIpc) is 2.35. The fourth-order valence-corrected chi connectivity index (χ4v) is 2.14. The number of para-hydroxylation sites is 1. The van der Waals surface area contributed by atoms with Crippen molar-refractivity contribution in [3.63, 3.8) is 0 Å². The van der Waals surface area contributed by atoms with E-state index in [9.17, 15) is 4.79 Å². The van der Waals surface area contributed by atoms with Gasteiger partial charge in [-0.1, -0.05) is 28.1 Å². The van der Waals surface area contributed by atoms with Crippen molar-refractivity contribution in [2.24, 2.45) is 5.73 Å². The highest BCUT2D eigenvalue weighted by Gasteiger charge is 2.12. The summed E-state index contributed by atoms with van der Waals surface area (Å²) in [6, 6.07) is 10.9. The minimum Gasteiger partial charge on any atom is -0.397 e. The third-order valence-electron chi connectivity index (χ3n) is 2.82. The number of hydrogen-bond acceptors (Lipinski definition) is 3. The number of rotatable bonds is 3. The molecule has 0 bridgehead atoms. The summed E-state index contributed by atoms with van der Waals surface area (Å²) in [6.45, 7) is 1.97. The number of nitrogen functional groups attached to an aromatic ring is 1. The van der Waals surface area contributed by atoms with Crippen LogP contribution in [0.5, 0.6) is 0 Å². The van der Waals surface area contributed by atoms with Gasteiger partial charge in [-0.15, -0.1) is 0 Å². The number of carbonyl (C=O) groups is 1. The van der Waals surface area contributed by atoms with Gasteiger partial charge in [0.05, 0.1) is 16.9 Å². The molecule has 0 saturated carbocycles. The Morgan fingerprint density at radius 2 is 2.00 bits per heavy atom. The summed E-state index contributed by atoms with van der Waals surface area (Å²) in [7, 11) is 0. The Morgan fingerprint density at radius 3 is 2.68 bits per heavy atom. The van der Waals surface area contributed by atoms with Gasteiger partial charge in [-0.2, -0.15) is 0 Å². The maximum absolute atomic E-state index is 11.4. The monoisotopic (exact) mass is 319 g/mol. The smallest absolute Gasteiger partial charge is 0.250 e. The number of carbonyl (C=O) groups excluding carboxylic acids is 1. The molecule has 0 saturated heterocycles. The minimum absolute atomic E-state index is 0.374. The number of anilines is 3. The number of nitrogens with one attached hydrogen (secondary N) is 1. The van der Waals surface area contributed by atoms with E-state index in [1.54, 1.807) is 18.2 Å². The highest BCUT2D eigenvalue weighted by Crippen LogP contribution is 2.30. The Bertz CT molecular complexity index is 641. The van der Waals surface area contributed by atoms with E-state index >= 15 is 0 Å². The number of amides is 1. The van der Waals surface area contributed by atoms with Crippen LogP contribution in [0.2, 0.25) is 0 Å². The highest BCUT2D eigenvalue weighted by atomic mass is 79.9. The van der Waals surface area contributed by atoms with Crippen LogP contribution < -0.4 is 16.8 Å². The van der Waals surface area contributed by atoms with Gasteiger partial charge in [-0.05, 0) is 36.8 Å². The normalized spacial score (nSPS) is 10.2. The molecule has 0 aliphatic carbocycles. The highest BCUT2D eigenvalue weighted by molar-refractivity contribution is 9.10. The molecule has 5 heteroatoms. The van der Waals surface area contributed by atoms with Crippen LogP contribution in [0.1, 0.15) is 15.9 Å². The molecule has 19 heavy (non-hydrogen) atoms. The lowest BCUT2D eigenvalue weighted by Crippen LogP contribution is -2.14. The minimum atomic E-state index is -0.512. The molecule has 0 aliphatic heterocycles. The van der Waals surface area contributed by atoms with Crippen molar-refractivity contribution in [2.75, 3.05) is 11.1 Å². The molecule has 1 amide bonds. The summed E-state index contributed by atoms with van der Waals surface area (Å²) in [5.74, 6) is -0.512. The largest absolute Gasteiger partial charge is 0.397 e. The van der Waals surface area contributed by atoms with Crippen LogP contribution >= 0.6 is 15.9 Å². The SMILES string of the molecule is Cc1ccc(Br)cc1Nc1c(N)cccc1C(N)=O. The number of hydrogen-bond donors (Lipinski definition) is 3. The van der Waals surface area contributed by atoms with Crippen molar-refractivity contribution < 1.29 is 4.79 Å². The van der Waals surface area contributed by atoms with Crippen molar-refractivity contribution in [3.05, 3.63) is 52.0 Å². The molecule has 98 valence electrons. The zero-order valence-corrected chi connectivity index (χ0v) is 12.0. The standard InChI is InChI=1S/C14H14BrN3O/c1-8-5-6-9(15)7-12(8)18-13-10(14(17)19)3-2-4-11(13)16/h2-7,18H,16H2,1H3,(H2,17,19). The van der Waals surface area contributed by atoms with Gasteiger partial charge in [-0.25, -0.2) is 0 Å². The summed E-state index contributed by atoms with van der Waals surface area (Å²) in [4.78, 5) is 11.4. The van der Waals surface area contributed by atoms with E-state index < -0.39 is 5.91 Å². The Kier molecular flexibility index (Phi) is 3.76. The van der Waals surface area contributed by atoms with Crippen molar-refractivity contribution in [1.82, 2.24) is 0 Å². The Balaban J connectivity index is 2.49. The summed E-state index contributed by atoms with van der Waals surface area (Å²) in [5, 5.41) is 3.18. The van der Waals surface area contributed by atoms with Crippen molar-refractivity contribution >= 4 is 38.9 Å². The maximum atomic E-state index is 11.4. The lowest BCUT2D eigenvalue weighted by Gasteiger charge is -2.14. The van der Waals surface area contributed by atoms with Crippen LogP contribution in [-0.4, -0.2) is 5.91 Å². The molecule has 0 aliphatic rings. The molecule has 2 aromatic carbocycles. The summed E-state index contributed by atoms with van der Waals surface area (Å²) < 4.78 is 0.940. The molecular weight excluding hydrogens is 306 g/mol. The van der Waals surface area contributed by atoms with E-state index in [1.807, 2.05) is 25.1 Å². The van der Waals surface area contributed by atoms with Gasteiger partial charge in [0.25, 0.3) is 5.91 Å². The third-order valence-corrected chi connectivity index (χ3v) is 3.31. The van der Waals surface area contributed by atoms with Crippen LogP contribution in [-0.2, 0) is 0 Å². The molecule has 0 unspecified atom stereocenters. The van der Waals surface area contributed by atoms with E-state index in [0.29, 0.717) is 16.9 Å². The first-order valence-corrected chi connectivity index (χ1v) is 6.50. The fourth-order valence-electron chi connectivity index (χ4n) is 1.78. The van der Waals surface area contributed by atoms with Gasteiger partial charge in [0.15, 0.2) is 0 Å². The molecule has 0 aromatic heterocycles. The topological polar surface area (TPSA) is 81.1 Å². The van der Waals surface area contributed by atoms with Crippen LogP contribution in [0.3, 0.4) is 0 Å². The van der Waals surface area contributed by atoms with Crippen LogP contribution in [0.25, 0.3) is 0 Å². The second-order valence-corrected chi connectivity index (χ2v) is 5.13. The van der Waals surface area contributed by atoms with Crippen LogP contribution in [0.15, 0.2) is 40.9 Å². The number of benzene rings is 2. The number of halogens is 1. The first-order valence-electron chi connectivity index (χ1n) is 5.70. The first-order chi connectivity index (χ1) is 8.99. The Morgan fingerprint density at radius 1 is 1.26 bits per heavy atom. The van der Waals surface area contributed by atoms with Crippen molar-refractivity contribution in [3.8, 4) is 0 Å². The van der Waals surface area contributed by atoms with E-state index in [0.717, 1.165) is 15.7 Å². The first kappa shape index (κ1) is 13.4. The third kappa shape index (κ3) is 2.88. The molecule has 0 radical (unpaired) electrons. The van der Waals surface area contributed by atoms with Gasteiger partial charge in [0, 0.05) is 10.2 Å². The summed E-state index contributed by atoms with van der Waals surface area (Å²) >= 11 is 3.41. The lowest BCUT2D eigenvalue weighted by molar-refractivity contribution is 0.100. The number of primary amides is 1. The van der Waals surface area contributed by atoms with E-state index in [-0.39, 0.29) is 0 Å². The molecule has 0 atom stereocenters. The van der Waals surface area contributed by atoms with Gasteiger partial charge in [-0.3, -0.25) is 4.79 Å². The second-order valence-electron chi connectivity index (χ2n) is 4.22. The van der Waals surface area contributed by atoms with E-state index in [1.165, 1.54) is 0 Å². The van der Waals surface area contributed by atoms with Crippen molar-refractivity contribution in [1.29, 1.82) is 0 Å². The van der Waals surface area contributed by atoms with Gasteiger partial charge in [0.1, 0.15) is 0 Å². The molecule has 0 spiro atoms. The zero-order valence-electron chi connectivity index (χ0n) is 10.4. The van der Waals surface area contributed by atoms with Crippen LogP contribution in [0, 0.1) is 6.92 Å². The molecular formula is C14H14BrN3O. The van der Waals surface area contributed by atoms with Crippen LogP contribution in [0.4, 0.5) is 17.1 Å². The summed E-state index contributed by atoms with van der Waals surface area (Å²) in [6.07, 6.45) is 0. The van der Waals surface area contributed by atoms with E-state index in [4.69, 9.17) is 11.5 Å². The summed E-state index contributed by atoms with van der Waals surface area (Å²) in [5.41, 5.74) is 14.6. The number of aryl methyl sites for hydroxylation is 1. The van der Waals surface area contributed by atoms with Gasteiger partial charge >= 0.3 is 0 Å². The Labute approximate surface area is 119 Å². The lowest BCUT2D eigenvalue weighted by atomic mass is 10.1. The second kappa shape index (κ2) is 5.32. The van der Waals surface area contributed by atoms with Crippen molar-refractivity contribution in [2.45, 2.75) is 6.92 Å². The molecule has 4 nitrogen and oxygen atoms in total. The van der Waals surface area contributed by atoms with E-state index in [2.05, 4.69) is 21.2 Å².